The third-order valence-corrected chi connectivity index (χ3v) is 3.48. The summed E-state index contributed by atoms with van der Waals surface area (Å²) in [6.45, 7) is 2.57. The van der Waals surface area contributed by atoms with Gasteiger partial charge in [-0.3, -0.25) is 9.59 Å². The number of nitrogens with one attached hydrogen (secondary N) is 2. The van der Waals surface area contributed by atoms with Crippen molar-refractivity contribution in [3.05, 3.63) is 63.6 Å². The third kappa shape index (κ3) is 4.98. The first-order valence-electron chi connectivity index (χ1n) is 7.15. The van der Waals surface area contributed by atoms with Crippen LogP contribution in [0.5, 0.6) is 0 Å². The lowest BCUT2D eigenvalue weighted by atomic mass is 10.1. The molecule has 2 amide bonds. The summed E-state index contributed by atoms with van der Waals surface area (Å²) in [4.78, 5) is 24.2. The first-order valence-corrected chi connectivity index (χ1v) is 7.91. The molecule has 23 heavy (non-hydrogen) atoms. The van der Waals surface area contributed by atoms with Crippen molar-refractivity contribution in [2.45, 2.75) is 13.3 Å². The Morgan fingerprint density at radius 3 is 2.17 bits per heavy atom. The van der Waals surface area contributed by atoms with Crippen LogP contribution in [0, 0.1) is 0 Å². The Morgan fingerprint density at radius 1 is 0.957 bits per heavy atom. The SMILES string of the molecule is CCCNC(=O)c1cccc(C(=O)Nc2cc(Cl)cc(Cl)c2)c1. The number of halogens is 2. The molecule has 0 saturated heterocycles. The fourth-order valence-electron chi connectivity index (χ4n) is 1.97. The number of carbonyl (C=O) groups excluding carboxylic acids is 2. The van der Waals surface area contributed by atoms with Gasteiger partial charge in [-0.25, -0.2) is 0 Å². The van der Waals surface area contributed by atoms with E-state index in [-0.39, 0.29) is 11.8 Å². The van der Waals surface area contributed by atoms with Crippen molar-refractivity contribution in [1.82, 2.24) is 5.32 Å². The molecule has 0 heterocycles. The van der Waals surface area contributed by atoms with Gasteiger partial charge in [0, 0.05) is 33.4 Å². The Balaban J connectivity index is 2.14. The highest BCUT2D eigenvalue weighted by atomic mass is 35.5. The summed E-state index contributed by atoms with van der Waals surface area (Å²) in [5, 5.41) is 6.35. The normalized spacial score (nSPS) is 10.2. The second-order valence-corrected chi connectivity index (χ2v) is 5.82. The van der Waals surface area contributed by atoms with Gasteiger partial charge in [-0.05, 0) is 42.8 Å². The number of hydrogen-bond acceptors (Lipinski definition) is 2. The first-order chi connectivity index (χ1) is 11.0. The Kier molecular flexibility index (Phi) is 6.02. The highest BCUT2D eigenvalue weighted by molar-refractivity contribution is 6.35. The molecule has 2 rings (SSSR count). The molecule has 0 atom stereocenters. The van der Waals surface area contributed by atoms with E-state index in [1.54, 1.807) is 42.5 Å². The van der Waals surface area contributed by atoms with Crippen molar-refractivity contribution >= 4 is 40.7 Å². The van der Waals surface area contributed by atoms with Crippen molar-refractivity contribution in [2.24, 2.45) is 0 Å². The predicted octanol–water partition coefficient (Wildman–Crippen LogP) is 4.39. The number of amides is 2. The number of rotatable bonds is 5. The smallest absolute Gasteiger partial charge is 0.255 e. The van der Waals surface area contributed by atoms with Crippen LogP contribution in [0.2, 0.25) is 10.0 Å². The fraction of sp³-hybridized carbons (Fsp3) is 0.176. The molecule has 0 radical (unpaired) electrons. The van der Waals surface area contributed by atoms with E-state index < -0.39 is 0 Å². The predicted molar refractivity (Wildman–Crippen MR) is 93.5 cm³/mol. The average molecular weight is 351 g/mol. The van der Waals surface area contributed by atoms with Gasteiger partial charge in [-0.15, -0.1) is 0 Å². The molecule has 0 aliphatic heterocycles. The van der Waals surface area contributed by atoms with Crippen LogP contribution >= 0.6 is 23.2 Å². The van der Waals surface area contributed by atoms with Crippen LogP contribution in [0.3, 0.4) is 0 Å². The zero-order valence-electron chi connectivity index (χ0n) is 12.5. The maximum absolute atomic E-state index is 12.3. The summed E-state index contributed by atoms with van der Waals surface area (Å²) in [5.74, 6) is -0.541. The third-order valence-electron chi connectivity index (χ3n) is 3.04. The summed E-state index contributed by atoms with van der Waals surface area (Å²) >= 11 is 11.8. The van der Waals surface area contributed by atoms with Crippen molar-refractivity contribution in [2.75, 3.05) is 11.9 Å². The molecule has 0 spiro atoms. The van der Waals surface area contributed by atoms with Gasteiger partial charge < -0.3 is 10.6 Å². The van der Waals surface area contributed by atoms with Crippen LogP contribution in [-0.2, 0) is 0 Å². The van der Waals surface area contributed by atoms with Gasteiger partial charge >= 0.3 is 0 Å². The second-order valence-electron chi connectivity index (χ2n) is 4.95. The average Bonchev–Trinajstić information content (AvgIpc) is 2.51. The summed E-state index contributed by atoms with van der Waals surface area (Å²) in [6.07, 6.45) is 0.849. The second kappa shape index (κ2) is 7.99. The molecule has 0 bridgehead atoms. The molecular weight excluding hydrogens is 335 g/mol. The monoisotopic (exact) mass is 350 g/mol. The van der Waals surface area contributed by atoms with Crippen molar-refractivity contribution in [3.8, 4) is 0 Å². The Labute approximate surface area is 144 Å². The lowest BCUT2D eigenvalue weighted by molar-refractivity contribution is 0.0953. The lowest BCUT2D eigenvalue weighted by Crippen LogP contribution is -2.24. The molecule has 2 aromatic rings. The van der Waals surface area contributed by atoms with E-state index >= 15 is 0 Å². The van der Waals surface area contributed by atoms with E-state index in [1.807, 2.05) is 6.92 Å². The van der Waals surface area contributed by atoms with Gasteiger partial charge in [-0.1, -0.05) is 36.2 Å². The number of benzene rings is 2. The van der Waals surface area contributed by atoms with Crippen molar-refractivity contribution in [1.29, 1.82) is 0 Å². The van der Waals surface area contributed by atoms with Crippen LogP contribution in [-0.4, -0.2) is 18.4 Å². The lowest BCUT2D eigenvalue weighted by Gasteiger charge is -2.08. The van der Waals surface area contributed by atoms with Gasteiger partial charge in [0.1, 0.15) is 0 Å². The largest absolute Gasteiger partial charge is 0.352 e. The highest BCUT2D eigenvalue weighted by Crippen LogP contribution is 2.23. The number of carbonyl (C=O) groups is 2. The van der Waals surface area contributed by atoms with E-state index in [2.05, 4.69) is 10.6 Å². The van der Waals surface area contributed by atoms with Crippen LogP contribution in [0.4, 0.5) is 5.69 Å². The summed E-state index contributed by atoms with van der Waals surface area (Å²) in [7, 11) is 0. The molecule has 6 heteroatoms. The van der Waals surface area contributed by atoms with Gasteiger partial charge in [-0.2, -0.15) is 0 Å². The summed E-state index contributed by atoms with van der Waals surface area (Å²) in [6, 6.07) is 11.3. The maximum atomic E-state index is 12.3. The first kappa shape index (κ1) is 17.3. The molecule has 2 N–H and O–H groups in total. The zero-order chi connectivity index (χ0) is 16.8. The Morgan fingerprint density at radius 2 is 1.57 bits per heavy atom. The molecule has 0 aliphatic carbocycles. The minimum absolute atomic E-state index is 0.202. The van der Waals surface area contributed by atoms with Gasteiger partial charge in [0.2, 0.25) is 0 Å². The Bertz CT molecular complexity index is 712. The molecule has 0 saturated carbocycles. The molecule has 0 unspecified atom stereocenters. The maximum Gasteiger partial charge on any atom is 0.255 e. The van der Waals surface area contributed by atoms with Crippen LogP contribution in [0.25, 0.3) is 0 Å². The summed E-state index contributed by atoms with van der Waals surface area (Å²) < 4.78 is 0. The highest BCUT2D eigenvalue weighted by Gasteiger charge is 2.11. The summed E-state index contributed by atoms with van der Waals surface area (Å²) in [5.41, 5.74) is 1.31. The van der Waals surface area contributed by atoms with Crippen molar-refractivity contribution < 1.29 is 9.59 Å². The van der Waals surface area contributed by atoms with E-state index in [1.165, 1.54) is 0 Å². The zero-order valence-corrected chi connectivity index (χ0v) is 14.0. The molecule has 0 fully saturated rings. The van der Waals surface area contributed by atoms with Crippen LogP contribution in [0.1, 0.15) is 34.1 Å². The van der Waals surface area contributed by atoms with E-state index in [0.717, 1.165) is 6.42 Å². The number of hydrogen-bond donors (Lipinski definition) is 2. The van der Waals surface area contributed by atoms with Crippen LogP contribution in [0.15, 0.2) is 42.5 Å². The van der Waals surface area contributed by atoms with Crippen molar-refractivity contribution in [3.63, 3.8) is 0 Å². The molecule has 0 aromatic heterocycles. The van der Waals surface area contributed by atoms with Gasteiger partial charge in [0.15, 0.2) is 0 Å². The van der Waals surface area contributed by atoms with E-state index in [0.29, 0.717) is 33.4 Å². The molecule has 120 valence electrons. The van der Waals surface area contributed by atoms with E-state index in [4.69, 9.17) is 23.2 Å². The molecule has 0 aliphatic rings. The minimum Gasteiger partial charge on any atom is -0.352 e. The topological polar surface area (TPSA) is 58.2 Å². The molecular formula is C17H16Cl2N2O2. The van der Waals surface area contributed by atoms with Crippen LogP contribution < -0.4 is 10.6 Å². The minimum atomic E-state index is -0.339. The van der Waals surface area contributed by atoms with Gasteiger partial charge in [0.05, 0.1) is 0 Å². The standard InChI is InChI=1S/C17H16Cl2N2O2/c1-2-6-20-16(22)11-4-3-5-12(7-11)17(23)21-15-9-13(18)8-14(19)10-15/h3-5,7-10H,2,6H2,1H3,(H,20,22)(H,21,23). The molecule has 2 aromatic carbocycles. The number of anilines is 1. The van der Waals surface area contributed by atoms with E-state index in [9.17, 15) is 9.59 Å². The fourth-order valence-corrected chi connectivity index (χ4v) is 2.50. The molecule has 4 nitrogen and oxygen atoms in total. The quantitative estimate of drug-likeness (QED) is 0.840. The Hall–Kier alpha value is -2.04. The van der Waals surface area contributed by atoms with Gasteiger partial charge in [0.25, 0.3) is 11.8 Å².